The van der Waals surface area contributed by atoms with Crippen LogP contribution in [0.1, 0.15) is 20.8 Å². The molecule has 1 heterocycles. The van der Waals surface area contributed by atoms with E-state index in [0.717, 1.165) is 0 Å². The highest BCUT2D eigenvalue weighted by Crippen LogP contribution is 2.30. The summed E-state index contributed by atoms with van der Waals surface area (Å²) < 4.78 is 26.0. The molecule has 9 heteroatoms. The molecule has 0 aromatic rings. The van der Waals surface area contributed by atoms with Crippen LogP contribution in [0.15, 0.2) is 0 Å². The van der Waals surface area contributed by atoms with Crippen LogP contribution in [0.2, 0.25) is 0 Å². The summed E-state index contributed by atoms with van der Waals surface area (Å²) in [4.78, 5) is 33.9. The van der Waals surface area contributed by atoms with Gasteiger partial charge in [0.15, 0.2) is 18.3 Å². The number of esters is 3. The minimum absolute atomic E-state index is 0.0829. The number of thiol groups is 1. The third-order valence-electron chi connectivity index (χ3n) is 2.85. The van der Waals surface area contributed by atoms with Crippen LogP contribution in [0.4, 0.5) is 0 Å². The molecule has 8 nitrogen and oxygen atoms in total. The molecule has 0 aromatic heterocycles. The summed E-state index contributed by atoms with van der Waals surface area (Å²) >= 11 is 4.21. The van der Waals surface area contributed by atoms with Crippen LogP contribution in [0, 0.1) is 0 Å². The number of rotatable bonds is 5. The molecule has 0 aromatic carbocycles. The summed E-state index contributed by atoms with van der Waals surface area (Å²) in [6.45, 7) is 3.69. The lowest BCUT2D eigenvalue weighted by atomic mass is 9.99. The lowest BCUT2D eigenvalue weighted by Gasteiger charge is -2.43. The fourth-order valence-corrected chi connectivity index (χ4v) is 2.56. The third kappa shape index (κ3) is 5.15. The maximum absolute atomic E-state index is 11.3. The van der Waals surface area contributed by atoms with Crippen LogP contribution in [0.5, 0.6) is 0 Å². The molecule has 1 rings (SSSR count). The molecule has 1 aliphatic rings. The van der Waals surface area contributed by atoms with Gasteiger partial charge in [-0.15, -0.1) is 12.6 Å². The minimum Gasteiger partial charge on any atom is -0.456 e. The molecule has 0 amide bonds. The quantitative estimate of drug-likeness (QED) is 0.428. The Bertz CT molecular complexity index is 426. The highest BCUT2D eigenvalue weighted by Gasteiger charge is 2.50. The summed E-state index contributed by atoms with van der Waals surface area (Å²) in [7, 11) is 1.45. The number of carbonyl (C=O) groups is 3. The van der Waals surface area contributed by atoms with E-state index in [2.05, 4.69) is 12.6 Å². The zero-order valence-electron chi connectivity index (χ0n) is 12.8. The topological polar surface area (TPSA) is 97.4 Å². The zero-order valence-corrected chi connectivity index (χ0v) is 13.7. The molecule has 1 aliphatic heterocycles. The Labute approximate surface area is 133 Å². The Morgan fingerprint density at radius 3 is 1.82 bits per heavy atom. The van der Waals surface area contributed by atoms with Gasteiger partial charge in [-0.3, -0.25) is 14.4 Å². The number of carbonyl (C=O) groups excluding carboxylic acids is 3. The van der Waals surface area contributed by atoms with Crippen LogP contribution < -0.4 is 0 Å². The second-order valence-corrected chi connectivity index (χ2v) is 5.25. The monoisotopic (exact) mass is 336 g/mol. The zero-order chi connectivity index (χ0) is 16.9. The normalized spacial score (nSPS) is 31.2. The lowest BCUT2D eigenvalue weighted by molar-refractivity contribution is -0.236. The number of hydrogen-bond acceptors (Lipinski definition) is 9. The van der Waals surface area contributed by atoms with Crippen molar-refractivity contribution in [3.8, 4) is 0 Å². The predicted molar refractivity (Wildman–Crippen MR) is 76.2 cm³/mol. The lowest BCUT2D eigenvalue weighted by Crippen LogP contribution is -2.61. The molecular weight excluding hydrogens is 316 g/mol. The standard InChI is InChI=1S/C13H20O8S/c1-6(14)18-10-9(5-17-4)21-13(22)12(20-8(3)16)11(10)19-7(2)15/h9-13,22H,5H2,1-4H3/t9-,10-,11+,12+,13-/m1/s1. The van der Waals surface area contributed by atoms with E-state index in [9.17, 15) is 14.4 Å². The van der Waals surface area contributed by atoms with Gasteiger partial charge in [0.25, 0.3) is 0 Å². The van der Waals surface area contributed by atoms with Gasteiger partial charge in [0, 0.05) is 27.9 Å². The average molecular weight is 336 g/mol. The molecular formula is C13H20O8S. The number of methoxy groups -OCH3 is 1. The second kappa shape index (κ2) is 8.35. The molecule has 1 fully saturated rings. The van der Waals surface area contributed by atoms with E-state index in [1.165, 1.54) is 27.9 Å². The largest absolute Gasteiger partial charge is 0.456 e. The van der Waals surface area contributed by atoms with Crippen LogP contribution in [0.25, 0.3) is 0 Å². The van der Waals surface area contributed by atoms with Crippen LogP contribution in [-0.4, -0.2) is 61.5 Å². The smallest absolute Gasteiger partial charge is 0.303 e. The van der Waals surface area contributed by atoms with Gasteiger partial charge in [0.1, 0.15) is 11.5 Å². The van der Waals surface area contributed by atoms with Gasteiger partial charge in [-0.05, 0) is 0 Å². The maximum Gasteiger partial charge on any atom is 0.303 e. The molecule has 0 radical (unpaired) electrons. The van der Waals surface area contributed by atoms with Crippen LogP contribution >= 0.6 is 12.6 Å². The van der Waals surface area contributed by atoms with Crippen molar-refractivity contribution in [2.45, 2.75) is 50.6 Å². The first-order valence-electron chi connectivity index (χ1n) is 6.60. The molecule has 5 atom stereocenters. The fraction of sp³-hybridized carbons (Fsp3) is 0.769. The van der Waals surface area contributed by atoms with E-state index in [0.29, 0.717) is 0 Å². The molecule has 0 saturated carbocycles. The fourth-order valence-electron chi connectivity index (χ4n) is 2.17. The van der Waals surface area contributed by atoms with Crippen molar-refractivity contribution in [1.82, 2.24) is 0 Å². The summed E-state index contributed by atoms with van der Waals surface area (Å²) in [5, 5.41) is 0. The molecule has 0 N–H and O–H groups in total. The van der Waals surface area contributed by atoms with Gasteiger partial charge in [0.2, 0.25) is 0 Å². The summed E-state index contributed by atoms with van der Waals surface area (Å²) in [6, 6.07) is 0. The van der Waals surface area contributed by atoms with E-state index in [1.807, 2.05) is 0 Å². The van der Waals surface area contributed by atoms with Crippen molar-refractivity contribution in [3.63, 3.8) is 0 Å². The molecule has 1 saturated heterocycles. The van der Waals surface area contributed by atoms with Crippen molar-refractivity contribution in [3.05, 3.63) is 0 Å². The van der Waals surface area contributed by atoms with E-state index < -0.39 is 47.8 Å². The maximum atomic E-state index is 11.3. The molecule has 0 spiro atoms. The first-order chi connectivity index (χ1) is 10.3. The Morgan fingerprint density at radius 1 is 0.909 bits per heavy atom. The number of hydrogen-bond donors (Lipinski definition) is 1. The van der Waals surface area contributed by atoms with Gasteiger partial charge in [0.05, 0.1) is 6.61 Å². The second-order valence-electron chi connectivity index (χ2n) is 4.74. The van der Waals surface area contributed by atoms with Crippen molar-refractivity contribution >= 4 is 30.5 Å². The third-order valence-corrected chi connectivity index (χ3v) is 3.26. The highest BCUT2D eigenvalue weighted by atomic mass is 32.1. The van der Waals surface area contributed by atoms with Crippen LogP contribution in [-0.2, 0) is 38.1 Å². The molecule has 0 unspecified atom stereocenters. The van der Waals surface area contributed by atoms with E-state index in [4.69, 9.17) is 23.7 Å². The van der Waals surface area contributed by atoms with E-state index >= 15 is 0 Å². The van der Waals surface area contributed by atoms with Crippen LogP contribution in [0.3, 0.4) is 0 Å². The van der Waals surface area contributed by atoms with Gasteiger partial charge in [-0.2, -0.15) is 0 Å². The SMILES string of the molecule is COC[C@H]1O[C@H](S)[C@@H](OC(C)=O)[C@@H](OC(C)=O)[C@@H]1OC(C)=O. The van der Waals surface area contributed by atoms with Crippen molar-refractivity contribution < 1.29 is 38.1 Å². The van der Waals surface area contributed by atoms with Crippen molar-refractivity contribution in [2.75, 3.05) is 13.7 Å². The van der Waals surface area contributed by atoms with Crippen molar-refractivity contribution in [1.29, 1.82) is 0 Å². The first kappa shape index (κ1) is 18.7. The Balaban J connectivity index is 3.09. The first-order valence-corrected chi connectivity index (χ1v) is 7.12. The molecule has 126 valence electrons. The van der Waals surface area contributed by atoms with Gasteiger partial charge in [-0.25, -0.2) is 0 Å². The van der Waals surface area contributed by atoms with E-state index in [-0.39, 0.29) is 6.61 Å². The molecule has 0 aliphatic carbocycles. The van der Waals surface area contributed by atoms with Gasteiger partial charge in [-0.1, -0.05) is 0 Å². The van der Waals surface area contributed by atoms with Crippen molar-refractivity contribution in [2.24, 2.45) is 0 Å². The van der Waals surface area contributed by atoms with E-state index in [1.54, 1.807) is 0 Å². The van der Waals surface area contributed by atoms with Gasteiger partial charge >= 0.3 is 17.9 Å². The summed E-state index contributed by atoms with van der Waals surface area (Å²) in [5.74, 6) is -1.81. The summed E-state index contributed by atoms with van der Waals surface area (Å²) in [5.41, 5.74) is -0.861. The Hall–Kier alpha value is -1.32. The predicted octanol–water partition coefficient (Wildman–Crippen LogP) is 0.0826. The average Bonchev–Trinajstić information content (AvgIpc) is 2.37. The Morgan fingerprint density at radius 2 is 1.36 bits per heavy atom. The molecule has 0 bridgehead atoms. The minimum atomic E-state index is -1.04. The summed E-state index contributed by atoms with van der Waals surface area (Å²) in [6.07, 6.45) is -3.74. The Kier molecular flexibility index (Phi) is 7.11. The highest BCUT2D eigenvalue weighted by molar-refractivity contribution is 7.80. The van der Waals surface area contributed by atoms with Gasteiger partial charge < -0.3 is 23.7 Å². The molecule has 22 heavy (non-hydrogen) atoms. The number of ether oxygens (including phenoxy) is 5.